The van der Waals surface area contributed by atoms with Gasteiger partial charge in [-0.15, -0.1) is 0 Å². The van der Waals surface area contributed by atoms with E-state index in [2.05, 4.69) is 15.5 Å². The molecule has 4 rings (SSSR count). The van der Waals surface area contributed by atoms with Crippen LogP contribution in [0.3, 0.4) is 0 Å². The van der Waals surface area contributed by atoms with E-state index < -0.39 is 0 Å². The summed E-state index contributed by atoms with van der Waals surface area (Å²) in [7, 11) is 0. The van der Waals surface area contributed by atoms with Crippen molar-refractivity contribution in [2.45, 2.75) is 56.7 Å². The summed E-state index contributed by atoms with van der Waals surface area (Å²) >= 11 is 0. The van der Waals surface area contributed by atoms with Crippen LogP contribution in [0.15, 0.2) is 0 Å². The lowest BCUT2D eigenvalue weighted by atomic mass is 9.93. The number of amides is 1. The van der Waals surface area contributed by atoms with Crippen LogP contribution >= 0.6 is 0 Å². The molecule has 4 atom stereocenters. The van der Waals surface area contributed by atoms with E-state index in [1.54, 1.807) is 0 Å². The average molecular weight is 263 g/mol. The van der Waals surface area contributed by atoms with Crippen LogP contribution in [-0.2, 0) is 4.79 Å². The maximum Gasteiger partial charge on any atom is 0.237 e. The number of nitrogens with zero attached hydrogens (tertiary/aromatic N) is 1. The first kappa shape index (κ1) is 12.2. The van der Waals surface area contributed by atoms with Gasteiger partial charge in [-0.25, -0.2) is 0 Å². The summed E-state index contributed by atoms with van der Waals surface area (Å²) in [6.07, 6.45) is 7.76. The molecule has 1 amide bonds. The lowest BCUT2D eigenvalue weighted by Gasteiger charge is -2.21. The highest BCUT2D eigenvalue weighted by Crippen LogP contribution is 2.37. The third-order valence-electron chi connectivity index (χ3n) is 5.66. The van der Waals surface area contributed by atoms with E-state index in [4.69, 9.17) is 0 Å². The second kappa shape index (κ2) is 4.74. The van der Waals surface area contributed by atoms with Gasteiger partial charge in [0.25, 0.3) is 0 Å². The van der Waals surface area contributed by atoms with Crippen molar-refractivity contribution >= 4 is 5.91 Å². The van der Waals surface area contributed by atoms with Crippen LogP contribution in [0.1, 0.15) is 38.5 Å². The van der Waals surface area contributed by atoms with Crippen molar-refractivity contribution in [3.05, 3.63) is 0 Å². The van der Waals surface area contributed by atoms with Crippen LogP contribution < -0.4 is 10.6 Å². The van der Waals surface area contributed by atoms with Gasteiger partial charge in [0.05, 0.1) is 6.04 Å². The Morgan fingerprint density at radius 1 is 1.16 bits per heavy atom. The highest BCUT2D eigenvalue weighted by molar-refractivity contribution is 5.83. The Bertz CT molecular complexity index is 368. The fourth-order valence-electron chi connectivity index (χ4n) is 4.44. The average Bonchev–Trinajstić information content (AvgIpc) is 2.83. The highest BCUT2D eigenvalue weighted by Gasteiger charge is 2.43. The van der Waals surface area contributed by atoms with Crippen molar-refractivity contribution in [1.29, 1.82) is 0 Å². The third-order valence-corrected chi connectivity index (χ3v) is 5.66. The molecular formula is C15H25N3O. The molecule has 4 unspecified atom stereocenters. The molecule has 2 N–H and O–H groups in total. The maximum atomic E-state index is 12.4. The largest absolute Gasteiger partial charge is 0.351 e. The van der Waals surface area contributed by atoms with Crippen molar-refractivity contribution in [1.82, 2.24) is 15.5 Å². The van der Waals surface area contributed by atoms with E-state index in [1.165, 1.54) is 38.6 Å². The molecule has 4 heteroatoms. The molecule has 2 heterocycles. The predicted octanol–water partition coefficient (Wildman–Crippen LogP) is 0.727. The lowest BCUT2D eigenvalue weighted by molar-refractivity contribution is -0.124. The van der Waals surface area contributed by atoms with Crippen molar-refractivity contribution in [3.63, 3.8) is 0 Å². The van der Waals surface area contributed by atoms with E-state index in [0.29, 0.717) is 12.0 Å². The Balaban J connectivity index is 1.31. The molecule has 0 aromatic carbocycles. The summed E-state index contributed by atoms with van der Waals surface area (Å²) in [5, 5.41) is 6.76. The van der Waals surface area contributed by atoms with Gasteiger partial charge in [0.1, 0.15) is 0 Å². The Morgan fingerprint density at radius 3 is 2.89 bits per heavy atom. The molecule has 2 saturated heterocycles. The van der Waals surface area contributed by atoms with Gasteiger partial charge >= 0.3 is 0 Å². The van der Waals surface area contributed by atoms with Gasteiger partial charge in [0.15, 0.2) is 0 Å². The van der Waals surface area contributed by atoms with Gasteiger partial charge in [0.2, 0.25) is 5.91 Å². The molecule has 106 valence electrons. The van der Waals surface area contributed by atoms with E-state index in [1.807, 2.05) is 0 Å². The number of nitrogens with one attached hydrogen (secondary N) is 2. The zero-order valence-corrected chi connectivity index (χ0v) is 11.6. The van der Waals surface area contributed by atoms with Crippen LogP contribution in [0.4, 0.5) is 0 Å². The van der Waals surface area contributed by atoms with E-state index in [9.17, 15) is 4.79 Å². The van der Waals surface area contributed by atoms with Crippen molar-refractivity contribution < 1.29 is 4.79 Å². The molecule has 4 aliphatic rings. The number of hydrogen-bond donors (Lipinski definition) is 2. The van der Waals surface area contributed by atoms with Crippen LogP contribution in [0.5, 0.6) is 0 Å². The second-order valence-corrected chi connectivity index (χ2v) is 6.96. The molecule has 0 spiro atoms. The predicted molar refractivity (Wildman–Crippen MR) is 73.8 cm³/mol. The first-order chi connectivity index (χ1) is 9.31. The molecule has 2 aliphatic carbocycles. The molecule has 4 nitrogen and oxygen atoms in total. The normalized spacial score (nSPS) is 42.5. The second-order valence-electron chi connectivity index (χ2n) is 6.96. The van der Waals surface area contributed by atoms with Crippen LogP contribution in [0, 0.1) is 11.8 Å². The van der Waals surface area contributed by atoms with Gasteiger partial charge < -0.3 is 10.6 Å². The van der Waals surface area contributed by atoms with Crippen LogP contribution in [0.2, 0.25) is 0 Å². The topological polar surface area (TPSA) is 44.4 Å². The van der Waals surface area contributed by atoms with E-state index in [0.717, 1.165) is 31.5 Å². The van der Waals surface area contributed by atoms with Crippen molar-refractivity contribution in [2.24, 2.45) is 11.8 Å². The molecule has 2 aliphatic heterocycles. The minimum atomic E-state index is 0.0995. The molecular weight excluding hydrogens is 238 g/mol. The Kier molecular flexibility index (Phi) is 3.03. The summed E-state index contributed by atoms with van der Waals surface area (Å²) in [6.45, 7) is 3.32. The Hall–Kier alpha value is -0.610. The molecule has 4 fully saturated rings. The van der Waals surface area contributed by atoms with E-state index >= 15 is 0 Å². The highest BCUT2D eigenvalue weighted by atomic mass is 16.2. The standard InChI is InChI=1S/C15H25N3O/c19-15(14-13-3-1-2-10(13)8-16-14)17-11-6-7-18(9-11)12-4-5-12/h10-14,16H,1-9H2,(H,17,19). The number of carbonyl (C=O) groups is 1. The summed E-state index contributed by atoms with van der Waals surface area (Å²) in [6, 6.07) is 1.34. The molecule has 2 saturated carbocycles. The molecule has 0 aromatic heterocycles. The zero-order chi connectivity index (χ0) is 12.8. The number of likely N-dealkylation sites (tertiary alicyclic amines) is 1. The summed E-state index contributed by atoms with van der Waals surface area (Å²) in [5.74, 6) is 1.65. The number of carbonyl (C=O) groups excluding carboxylic acids is 1. The quantitative estimate of drug-likeness (QED) is 0.789. The first-order valence-corrected chi connectivity index (χ1v) is 8.09. The van der Waals surface area contributed by atoms with E-state index in [-0.39, 0.29) is 11.9 Å². The monoisotopic (exact) mass is 263 g/mol. The lowest BCUT2D eigenvalue weighted by Crippen LogP contribution is -2.48. The minimum absolute atomic E-state index is 0.0995. The molecule has 0 radical (unpaired) electrons. The van der Waals surface area contributed by atoms with Gasteiger partial charge in [-0.05, 0) is 50.5 Å². The minimum Gasteiger partial charge on any atom is -0.351 e. The van der Waals surface area contributed by atoms with Crippen LogP contribution in [0.25, 0.3) is 0 Å². The molecule has 19 heavy (non-hydrogen) atoms. The summed E-state index contributed by atoms with van der Waals surface area (Å²) in [4.78, 5) is 15.0. The van der Waals surface area contributed by atoms with Gasteiger partial charge in [-0.2, -0.15) is 0 Å². The molecule has 0 aromatic rings. The van der Waals surface area contributed by atoms with Crippen molar-refractivity contribution in [3.8, 4) is 0 Å². The smallest absolute Gasteiger partial charge is 0.237 e. The van der Waals surface area contributed by atoms with Crippen molar-refractivity contribution in [2.75, 3.05) is 19.6 Å². The third kappa shape index (κ3) is 2.29. The van der Waals surface area contributed by atoms with Gasteiger partial charge in [-0.3, -0.25) is 9.69 Å². The summed E-state index contributed by atoms with van der Waals surface area (Å²) in [5.41, 5.74) is 0. The number of rotatable bonds is 3. The Morgan fingerprint density at radius 2 is 2.05 bits per heavy atom. The maximum absolute atomic E-state index is 12.4. The van der Waals surface area contributed by atoms with Gasteiger partial charge in [0, 0.05) is 25.2 Å². The Labute approximate surface area is 115 Å². The number of hydrogen-bond acceptors (Lipinski definition) is 3. The molecule has 0 bridgehead atoms. The zero-order valence-electron chi connectivity index (χ0n) is 11.6. The SMILES string of the molecule is O=C(NC1CCN(C2CC2)C1)C1NCC2CCCC21. The van der Waals surface area contributed by atoms with Crippen LogP contribution in [-0.4, -0.2) is 48.6 Å². The fourth-order valence-corrected chi connectivity index (χ4v) is 4.44. The fraction of sp³-hybridized carbons (Fsp3) is 0.933. The first-order valence-electron chi connectivity index (χ1n) is 8.09. The summed E-state index contributed by atoms with van der Waals surface area (Å²) < 4.78 is 0. The van der Waals surface area contributed by atoms with Gasteiger partial charge in [-0.1, -0.05) is 6.42 Å². The number of fused-ring (bicyclic) bond motifs is 1.